The second-order valence-electron chi connectivity index (χ2n) is 6.94. The summed E-state index contributed by atoms with van der Waals surface area (Å²) in [6.07, 6.45) is 0. The van der Waals surface area contributed by atoms with Crippen LogP contribution >= 0.6 is 0 Å². The van der Waals surface area contributed by atoms with Crippen LogP contribution in [0.1, 0.15) is 22.3 Å². The van der Waals surface area contributed by atoms with Crippen molar-refractivity contribution < 1.29 is 18.3 Å². The van der Waals surface area contributed by atoms with E-state index < -0.39 is 11.6 Å². The van der Waals surface area contributed by atoms with Gasteiger partial charge in [-0.15, -0.1) is 0 Å². The van der Waals surface area contributed by atoms with Crippen molar-refractivity contribution in [3.63, 3.8) is 0 Å². The van der Waals surface area contributed by atoms with Crippen molar-refractivity contribution in [3.8, 4) is 11.8 Å². The summed E-state index contributed by atoms with van der Waals surface area (Å²) in [7, 11) is 0. The fourth-order valence-electron chi connectivity index (χ4n) is 3.32. The molecule has 1 N–H and O–H groups in total. The molecule has 0 atom stereocenters. The third-order valence-electron chi connectivity index (χ3n) is 4.97. The molecular weight excluding hydrogens is 388 g/mol. The average Bonchev–Trinajstić information content (AvgIpc) is 2.73. The highest BCUT2D eigenvalue weighted by molar-refractivity contribution is 6.04. The normalized spacial score (nSPS) is 12.7. The Kier molecular flexibility index (Phi) is 5.07. The molecule has 5 nitrogen and oxygen atoms in total. The number of nitrogens with zero attached hydrogens (tertiary/aromatic N) is 2. The number of fused-ring (bicyclic) bond motifs is 1. The van der Waals surface area contributed by atoms with Gasteiger partial charge >= 0.3 is 6.03 Å². The van der Waals surface area contributed by atoms with E-state index in [0.29, 0.717) is 29.2 Å². The lowest BCUT2D eigenvalue weighted by Gasteiger charge is -2.30. The van der Waals surface area contributed by atoms with Crippen LogP contribution in [0.3, 0.4) is 0 Å². The van der Waals surface area contributed by atoms with Gasteiger partial charge in [0.15, 0.2) is 0 Å². The topological polar surface area (TPSA) is 65.4 Å². The summed E-state index contributed by atoms with van der Waals surface area (Å²) in [4.78, 5) is 14.2. The number of amides is 2. The van der Waals surface area contributed by atoms with Crippen molar-refractivity contribution >= 4 is 17.4 Å². The molecule has 3 aromatic rings. The molecule has 0 aromatic heterocycles. The van der Waals surface area contributed by atoms with E-state index in [2.05, 4.69) is 11.4 Å². The van der Waals surface area contributed by atoms with Crippen LogP contribution in [0.15, 0.2) is 54.6 Å². The molecule has 4 rings (SSSR count). The molecule has 0 bridgehead atoms. The van der Waals surface area contributed by atoms with Crippen LogP contribution in [-0.4, -0.2) is 6.03 Å². The van der Waals surface area contributed by atoms with Gasteiger partial charge in [-0.3, -0.25) is 4.90 Å². The first-order valence-corrected chi connectivity index (χ1v) is 9.24. The Hall–Kier alpha value is -3.92. The number of urea groups is 1. The highest BCUT2D eigenvalue weighted by Gasteiger charge is 2.25. The number of halogens is 2. The summed E-state index contributed by atoms with van der Waals surface area (Å²) in [6.45, 7) is 1.91. The quantitative estimate of drug-likeness (QED) is 0.643. The van der Waals surface area contributed by atoms with Crippen LogP contribution in [0.2, 0.25) is 0 Å². The van der Waals surface area contributed by atoms with Crippen LogP contribution in [0.25, 0.3) is 0 Å². The molecule has 1 aliphatic rings. The maximum atomic E-state index is 13.8. The van der Waals surface area contributed by atoms with E-state index in [1.807, 2.05) is 6.92 Å². The van der Waals surface area contributed by atoms with Gasteiger partial charge in [0.25, 0.3) is 0 Å². The van der Waals surface area contributed by atoms with E-state index in [1.54, 1.807) is 41.3 Å². The van der Waals surface area contributed by atoms with Gasteiger partial charge in [-0.05, 0) is 48.4 Å². The Morgan fingerprint density at radius 3 is 2.63 bits per heavy atom. The fourth-order valence-corrected chi connectivity index (χ4v) is 3.32. The molecule has 0 fully saturated rings. The molecule has 0 saturated carbocycles. The van der Waals surface area contributed by atoms with Gasteiger partial charge in [0.2, 0.25) is 0 Å². The predicted molar refractivity (Wildman–Crippen MR) is 108 cm³/mol. The Bertz CT molecular complexity index is 1170. The molecule has 0 spiro atoms. The first-order valence-electron chi connectivity index (χ1n) is 9.24. The molecule has 0 saturated heterocycles. The number of hydrogen-bond donors (Lipinski definition) is 1. The molecule has 30 heavy (non-hydrogen) atoms. The number of anilines is 2. The van der Waals surface area contributed by atoms with E-state index in [9.17, 15) is 13.6 Å². The summed E-state index contributed by atoms with van der Waals surface area (Å²) in [5.41, 5.74) is 3.25. The number of rotatable bonds is 4. The van der Waals surface area contributed by atoms with E-state index >= 15 is 0 Å². The summed E-state index contributed by atoms with van der Waals surface area (Å²) in [5, 5.41) is 11.8. The zero-order chi connectivity index (χ0) is 21.3. The minimum Gasteiger partial charge on any atom is -0.489 e. The number of ether oxygens (including phenoxy) is 1. The van der Waals surface area contributed by atoms with Gasteiger partial charge in [-0.2, -0.15) is 5.26 Å². The van der Waals surface area contributed by atoms with Crippen LogP contribution < -0.4 is 15.0 Å². The van der Waals surface area contributed by atoms with Crippen molar-refractivity contribution in [2.45, 2.75) is 20.1 Å². The predicted octanol–water partition coefficient (Wildman–Crippen LogP) is 5.28. The summed E-state index contributed by atoms with van der Waals surface area (Å²) < 4.78 is 33.3. The van der Waals surface area contributed by atoms with E-state index in [-0.39, 0.29) is 18.2 Å². The first-order chi connectivity index (χ1) is 14.5. The monoisotopic (exact) mass is 405 g/mol. The SMILES string of the molecule is Cc1ccc(OCc2c(F)cccc2F)cc1N1Cc2ccc(C#N)cc2NC1=O. The molecule has 7 heteroatoms. The zero-order valence-electron chi connectivity index (χ0n) is 16.1. The average molecular weight is 405 g/mol. The Morgan fingerprint density at radius 2 is 1.90 bits per heavy atom. The summed E-state index contributed by atoms with van der Waals surface area (Å²) in [6, 6.07) is 15.6. The summed E-state index contributed by atoms with van der Waals surface area (Å²) >= 11 is 0. The van der Waals surface area contributed by atoms with E-state index in [4.69, 9.17) is 10.00 Å². The van der Waals surface area contributed by atoms with Crippen LogP contribution in [0, 0.1) is 29.9 Å². The molecule has 1 aliphatic heterocycles. The molecule has 1 heterocycles. The highest BCUT2D eigenvalue weighted by Crippen LogP contribution is 2.32. The van der Waals surface area contributed by atoms with Crippen molar-refractivity contribution in [1.82, 2.24) is 0 Å². The third-order valence-corrected chi connectivity index (χ3v) is 4.97. The number of carbonyl (C=O) groups excluding carboxylic acids is 1. The summed E-state index contributed by atoms with van der Waals surface area (Å²) in [5.74, 6) is -0.964. The standard InChI is InChI=1S/C23H17F2N3O2/c1-14-5-8-17(30-13-18-19(24)3-2-4-20(18)25)10-22(14)28-12-16-7-6-15(11-26)9-21(16)27-23(28)29/h2-10H,12-13H2,1H3,(H,27,29). The second-order valence-corrected chi connectivity index (χ2v) is 6.94. The molecular formula is C23H17F2N3O2. The highest BCUT2D eigenvalue weighted by atomic mass is 19.1. The van der Waals surface area contributed by atoms with Gasteiger partial charge in [-0.25, -0.2) is 13.6 Å². The Morgan fingerprint density at radius 1 is 1.13 bits per heavy atom. The molecule has 150 valence electrons. The molecule has 0 aliphatic carbocycles. The number of benzene rings is 3. The van der Waals surface area contributed by atoms with Crippen molar-refractivity contribution in [2.24, 2.45) is 0 Å². The number of carbonyl (C=O) groups is 1. The number of nitriles is 1. The lowest BCUT2D eigenvalue weighted by molar-refractivity contribution is 0.256. The number of aryl methyl sites for hydroxylation is 1. The van der Waals surface area contributed by atoms with Crippen molar-refractivity contribution in [2.75, 3.05) is 10.2 Å². The molecule has 2 amide bonds. The van der Waals surface area contributed by atoms with Gasteiger partial charge in [0.1, 0.15) is 24.0 Å². The minimum absolute atomic E-state index is 0.155. The van der Waals surface area contributed by atoms with Gasteiger partial charge in [0.05, 0.1) is 29.4 Å². The smallest absolute Gasteiger partial charge is 0.326 e. The maximum absolute atomic E-state index is 13.8. The number of hydrogen-bond acceptors (Lipinski definition) is 3. The van der Waals surface area contributed by atoms with Gasteiger partial charge in [-0.1, -0.05) is 18.2 Å². The van der Waals surface area contributed by atoms with E-state index in [0.717, 1.165) is 11.1 Å². The van der Waals surface area contributed by atoms with Crippen LogP contribution in [0.5, 0.6) is 5.75 Å². The number of nitrogens with one attached hydrogen (secondary N) is 1. The van der Waals surface area contributed by atoms with Crippen LogP contribution in [0.4, 0.5) is 25.0 Å². The second kappa shape index (κ2) is 7.84. The maximum Gasteiger partial charge on any atom is 0.326 e. The van der Waals surface area contributed by atoms with E-state index in [1.165, 1.54) is 18.2 Å². The van der Waals surface area contributed by atoms with Gasteiger partial charge < -0.3 is 10.1 Å². The molecule has 3 aromatic carbocycles. The van der Waals surface area contributed by atoms with Crippen molar-refractivity contribution in [3.05, 3.63) is 88.5 Å². The lowest BCUT2D eigenvalue weighted by Crippen LogP contribution is -2.39. The zero-order valence-corrected chi connectivity index (χ0v) is 16.1. The largest absolute Gasteiger partial charge is 0.489 e. The molecule has 0 unspecified atom stereocenters. The Balaban J connectivity index is 1.59. The third kappa shape index (κ3) is 3.67. The van der Waals surface area contributed by atoms with Gasteiger partial charge in [0, 0.05) is 11.8 Å². The molecule has 0 radical (unpaired) electrons. The Labute approximate surface area is 172 Å². The van der Waals surface area contributed by atoms with Crippen LogP contribution in [-0.2, 0) is 13.2 Å². The fraction of sp³-hybridized carbons (Fsp3) is 0.130. The van der Waals surface area contributed by atoms with Crippen molar-refractivity contribution in [1.29, 1.82) is 5.26 Å². The minimum atomic E-state index is -0.675. The first kappa shape index (κ1) is 19.4. The lowest BCUT2D eigenvalue weighted by atomic mass is 10.1.